The van der Waals surface area contributed by atoms with Crippen LogP contribution in [0, 0.1) is 11.3 Å². The minimum atomic E-state index is -0.932. The molecule has 29 heavy (non-hydrogen) atoms. The van der Waals surface area contributed by atoms with E-state index in [1.807, 2.05) is 54.6 Å². The van der Waals surface area contributed by atoms with Gasteiger partial charge in [-0.05, 0) is 36.5 Å². The summed E-state index contributed by atoms with van der Waals surface area (Å²) in [5.74, 6) is -0.879. The lowest BCUT2D eigenvalue weighted by Gasteiger charge is -2.32. The first kappa shape index (κ1) is 20.6. The fraction of sp³-hybridized carbons (Fsp3) is 0.375. The number of amides is 1. The van der Waals surface area contributed by atoms with Gasteiger partial charge in [0, 0.05) is 0 Å². The summed E-state index contributed by atoms with van der Waals surface area (Å²) in [6.45, 7) is 1.54. The van der Waals surface area contributed by atoms with Gasteiger partial charge in [0.25, 0.3) is 5.91 Å². The average molecular weight is 390 g/mol. The molecule has 2 aromatic rings. The molecule has 1 atom stereocenters. The Morgan fingerprint density at radius 3 is 2.28 bits per heavy atom. The molecule has 1 aliphatic carbocycles. The molecular formula is C24H26N2O3. The van der Waals surface area contributed by atoms with Crippen LogP contribution in [0.5, 0.6) is 0 Å². The molecule has 5 heteroatoms. The second kappa shape index (κ2) is 9.38. The fourth-order valence-corrected chi connectivity index (χ4v) is 3.66. The van der Waals surface area contributed by atoms with Gasteiger partial charge in [-0.15, -0.1) is 0 Å². The van der Waals surface area contributed by atoms with Gasteiger partial charge in [0.15, 0.2) is 6.10 Å². The molecule has 0 saturated heterocycles. The highest BCUT2D eigenvalue weighted by molar-refractivity contribution is 5.84. The van der Waals surface area contributed by atoms with E-state index in [4.69, 9.17) is 4.74 Å². The summed E-state index contributed by atoms with van der Waals surface area (Å²) < 4.78 is 5.30. The Hall–Kier alpha value is -3.13. The van der Waals surface area contributed by atoms with Gasteiger partial charge in [0.1, 0.15) is 5.54 Å². The van der Waals surface area contributed by atoms with Gasteiger partial charge in [0.05, 0.1) is 12.5 Å². The van der Waals surface area contributed by atoms with Crippen LogP contribution in [0.4, 0.5) is 0 Å². The van der Waals surface area contributed by atoms with Crippen molar-refractivity contribution < 1.29 is 14.3 Å². The molecule has 150 valence electrons. The van der Waals surface area contributed by atoms with E-state index in [9.17, 15) is 14.9 Å². The molecule has 5 nitrogen and oxygen atoms in total. The van der Waals surface area contributed by atoms with Crippen molar-refractivity contribution >= 4 is 11.9 Å². The molecule has 1 fully saturated rings. The number of rotatable bonds is 6. The van der Waals surface area contributed by atoms with Crippen molar-refractivity contribution in [3.8, 4) is 17.2 Å². The Bertz CT molecular complexity index is 879. The van der Waals surface area contributed by atoms with E-state index >= 15 is 0 Å². The van der Waals surface area contributed by atoms with E-state index < -0.39 is 23.5 Å². The maximum absolute atomic E-state index is 12.4. The van der Waals surface area contributed by atoms with Crippen molar-refractivity contribution in [2.75, 3.05) is 0 Å². The maximum Gasteiger partial charge on any atom is 0.311 e. The number of carbonyl (C=O) groups is 2. The second-order valence-corrected chi connectivity index (χ2v) is 7.62. The van der Waals surface area contributed by atoms with Crippen molar-refractivity contribution in [2.24, 2.45) is 0 Å². The molecule has 0 heterocycles. The first-order valence-corrected chi connectivity index (χ1v) is 10.1. The highest BCUT2D eigenvalue weighted by atomic mass is 16.5. The van der Waals surface area contributed by atoms with E-state index in [0.717, 1.165) is 36.0 Å². The van der Waals surface area contributed by atoms with Crippen molar-refractivity contribution in [1.82, 2.24) is 5.32 Å². The standard InChI is InChI=1S/C24H26N2O3/c1-18(23(28)26-24(17-25)14-6-3-7-15-24)29-22(27)16-19-10-12-21(13-11-19)20-8-4-2-5-9-20/h2,4-5,8-13,18H,3,6-7,14-16H2,1H3,(H,26,28)/t18-/m0/s1. The minimum absolute atomic E-state index is 0.0933. The topological polar surface area (TPSA) is 79.2 Å². The van der Waals surface area contributed by atoms with Crippen LogP contribution in [0.2, 0.25) is 0 Å². The zero-order chi connectivity index (χ0) is 20.7. The summed E-state index contributed by atoms with van der Waals surface area (Å²) in [5, 5.41) is 12.3. The van der Waals surface area contributed by atoms with Gasteiger partial charge in [0.2, 0.25) is 0 Å². The number of hydrogen-bond donors (Lipinski definition) is 1. The van der Waals surface area contributed by atoms with Gasteiger partial charge < -0.3 is 10.1 Å². The predicted octanol–water partition coefficient (Wildman–Crippen LogP) is 4.17. The largest absolute Gasteiger partial charge is 0.452 e. The normalized spacial score (nSPS) is 16.3. The summed E-state index contributed by atoms with van der Waals surface area (Å²) in [4.78, 5) is 24.7. The number of esters is 1. The van der Waals surface area contributed by atoms with E-state index in [1.165, 1.54) is 0 Å². The van der Waals surface area contributed by atoms with Gasteiger partial charge in [-0.2, -0.15) is 5.26 Å². The number of carbonyl (C=O) groups excluding carboxylic acids is 2. The van der Waals surface area contributed by atoms with E-state index in [0.29, 0.717) is 12.8 Å². The highest BCUT2D eigenvalue weighted by Crippen LogP contribution is 2.27. The number of benzene rings is 2. The Balaban J connectivity index is 1.53. The van der Waals surface area contributed by atoms with Crippen LogP contribution in [-0.2, 0) is 20.7 Å². The van der Waals surface area contributed by atoms with Crippen LogP contribution in [0.3, 0.4) is 0 Å². The second-order valence-electron chi connectivity index (χ2n) is 7.62. The Morgan fingerprint density at radius 1 is 1.03 bits per heavy atom. The molecule has 1 saturated carbocycles. The molecule has 0 bridgehead atoms. The van der Waals surface area contributed by atoms with Crippen LogP contribution in [-0.4, -0.2) is 23.5 Å². The summed E-state index contributed by atoms with van der Waals surface area (Å²) in [7, 11) is 0. The van der Waals surface area contributed by atoms with E-state index in [1.54, 1.807) is 6.92 Å². The fourth-order valence-electron chi connectivity index (χ4n) is 3.66. The predicted molar refractivity (Wildman–Crippen MR) is 111 cm³/mol. The first-order chi connectivity index (χ1) is 14.0. The third-order valence-electron chi connectivity index (χ3n) is 5.37. The van der Waals surface area contributed by atoms with Gasteiger partial charge in [-0.1, -0.05) is 73.9 Å². The molecule has 2 aromatic carbocycles. The number of nitrogens with one attached hydrogen (secondary N) is 1. The third-order valence-corrected chi connectivity index (χ3v) is 5.37. The summed E-state index contributed by atoms with van der Waals surface area (Å²) in [6, 6.07) is 20.0. The van der Waals surface area contributed by atoms with Gasteiger partial charge >= 0.3 is 5.97 Å². The number of hydrogen-bond acceptors (Lipinski definition) is 4. The minimum Gasteiger partial charge on any atom is -0.452 e. The highest BCUT2D eigenvalue weighted by Gasteiger charge is 2.35. The van der Waals surface area contributed by atoms with Gasteiger partial charge in [-0.3, -0.25) is 9.59 Å². The smallest absolute Gasteiger partial charge is 0.311 e. The van der Waals surface area contributed by atoms with E-state index in [2.05, 4.69) is 11.4 Å². The molecule has 0 radical (unpaired) electrons. The third kappa shape index (κ3) is 5.45. The monoisotopic (exact) mass is 390 g/mol. The molecule has 0 unspecified atom stereocenters. The lowest BCUT2D eigenvalue weighted by atomic mass is 9.83. The number of ether oxygens (including phenoxy) is 1. The molecule has 1 N–H and O–H groups in total. The summed E-state index contributed by atoms with van der Waals surface area (Å²) in [5.41, 5.74) is 2.18. The molecule has 0 aliphatic heterocycles. The summed E-state index contributed by atoms with van der Waals surface area (Å²) >= 11 is 0. The van der Waals surface area contributed by atoms with Crippen LogP contribution in [0.1, 0.15) is 44.6 Å². The van der Waals surface area contributed by atoms with Crippen LogP contribution in [0.15, 0.2) is 54.6 Å². The number of nitriles is 1. The first-order valence-electron chi connectivity index (χ1n) is 10.1. The molecular weight excluding hydrogens is 364 g/mol. The Labute approximate surface area is 171 Å². The maximum atomic E-state index is 12.4. The molecule has 1 aliphatic rings. The van der Waals surface area contributed by atoms with Crippen molar-refractivity contribution in [1.29, 1.82) is 5.26 Å². The van der Waals surface area contributed by atoms with E-state index in [-0.39, 0.29) is 6.42 Å². The van der Waals surface area contributed by atoms with Crippen LogP contribution >= 0.6 is 0 Å². The van der Waals surface area contributed by atoms with Crippen molar-refractivity contribution in [3.63, 3.8) is 0 Å². The Kier molecular flexibility index (Phi) is 6.66. The SMILES string of the molecule is C[C@H](OC(=O)Cc1ccc(-c2ccccc2)cc1)C(=O)NC1(C#N)CCCCC1. The molecule has 0 aromatic heterocycles. The lowest BCUT2D eigenvalue weighted by molar-refractivity contribution is -0.154. The van der Waals surface area contributed by atoms with Crippen molar-refractivity contribution in [2.45, 2.75) is 57.1 Å². The zero-order valence-electron chi connectivity index (χ0n) is 16.7. The quantitative estimate of drug-likeness (QED) is 0.751. The molecule has 0 spiro atoms. The van der Waals surface area contributed by atoms with Crippen LogP contribution in [0.25, 0.3) is 11.1 Å². The lowest BCUT2D eigenvalue weighted by Crippen LogP contribution is -2.52. The number of nitrogens with zero attached hydrogens (tertiary/aromatic N) is 1. The molecule has 3 rings (SSSR count). The van der Waals surface area contributed by atoms with Crippen LogP contribution < -0.4 is 5.32 Å². The van der Waals surface area contributed by atoms with Crippen molar-refractivity contribution in [3.05, 3.63) is 60.2 Å². The average Bonchev–Trinajstić information content (AvgIpc) is 2.75. The summed E-state index contributed by atoms with van der Waals surface area (Å²) in [6.07, 6.45) is 3.36. The van der Waals surface area contributed by atoms with Gasteiger partial charge in [-0.25, -0.2) is 0 Å². The Morgan fingerprint density at radius 2 is 1.66 bits per heavy atom. The molecule has 1 amide bonds. The zero-order valence-corrected chi connectivity index (χ0v) is 16.7.